The third-order valence-electron chi connectivity index (χ3n) is 5.23. The Bertz CT molecular complexity index is 751. The zero-order chi connectivity index (χ0) is 18.5. The van der Waals surface area contributed by atoms with Crippen molar-refractivity contribution in [1.29, 1.82) is 0 Å². The van der Waals surface area contributed by atoms with Gasteiger partial charge in [-0.05, 0) is 68.4 Å². The highest BCUT2D eigenvalue weighted by Gasteiger charge is 2.25. The van der Waals surface area contributed by atoms with Crippen LogP contribution in [0.3, 0.4) is 0 Å². The number of hydrogen-bond donors (Lipinski definition) is 0. The van der Waals surface area contributed by atoms with Crippen LogP contribution in [0.25, 0.3) is 0 Å². The molecule has 0 heterocycles. The lowest BCUT2D eigenvalue weighted by Crippen LogP contribution is -2.24. The summed E-state index contributed by atoms with van der Waals surface area (Å²) in [6, 6.07) is 14.9. The summed E-state index contributed by atoms with van der Waals surface area (Å²) in [5.41, 5.74) is 2.82. The molecule has 0 radical (unpaired) electrons. The third kappa shape index (κ3) is 4.81. The molecule has 0 spiro atoms. The number of carbonyl (C=O) groups is 2. The van der Waals surface area contributed by atoms with E-state index in [4.69, 9.17) is 4.74 Å². The van der Waals surface area contributed by atoms with E-state index >= 15 is 0 Å². The first kappa shape index (κ1) is 18.4. The second-order valence-electron chi connectivity index (χ2n) is 7.49. The maximum Gasteiger partial charge on any atom is 0.314 e. The molecule has 1 saturated carbocycles. The molecule has 0 amide bonds. The quantitative estimate of drug-likeness (QED) is 0.425. The number of carbonyl (C=O) groups excluding carboxylic acids is 2. The van der Waals surface area contributed by atoms with Gasteiger partial charge in [0.2, 0.25) is 0 Å². The fraction of sp³-hybridized carbons (Fsp3) is 0.391. The number of ether oxygens (including phenoxy) is 1. The minimum Gasteiger partial charge on any atom is -0.426 e. The molecule has 2 aromatic carbocycles. The van der Waals surface area contributed by atoms with Gasteiger partial charge in [-0.1, -0.05) is 36.8 Å². The standard InChI is InChI=1S/C23H26O3/c1-16-3-7-18(8-4-16)15-22(24)19-11-13-21(14-12-19)26-23(25)20-9-5-17(2)6-10-20/h3-4,7-8,11-14,17,20H,5-6,9-10,15H2,1-2H3. The number of aryl methyl sites for hydroxylation is 1. The molecule has 0 unspecified atom stereocenters. The molecule has 136 valence electrons. The Morgan fingerprint density at radius 2 is 1.54 bits per heavy atom. The van der Waals surface area contributed by atoms with Crippen LogP contribution in [0.5, 0.6) is 5.75 Å². The average Bonchev–Trinajstić information content (AvgIpc) is 2.64. The Balaban J connectivity index is 1.56. The summed E-state index contributed by atoms with van der Waals surface area (Å²) < 4.78 is 5.51. The first-order valence-corrected chi connectivity index (χ1v) is 9.42. The van der Waals surface area contributed by atoms with E-state index in [0.29, 0.717) is 23.7 Å². The van der Waals surface area contributed by atoms with Crippen molar-refractivity contribution in [3.63, 3.8) is 0 Å². The SMILES string of the molecule is Cc1ccc(CC(=O)c2ccc(OC(=O)C3CCC(C)CC3)cc2)cc1. The van der Waals surface area contributed by atoms with Gasteiger partial charge in [0.1, 0.15) is 5.75 Å². The smallest absolute Gasteiger partial charge is 0.314 e. The molecular formula is C23H26O3. The Hall–Kier alpha value is -2.42. The molecule has 2 aromatic rings. The molecule has 0 atom stereocenters. The van der Waals surface area contributed by atoms with Gasteiger partial charge in [-0.2, -0.15) is 0 Å². The number of rotatable bonds is 5. The third-order valence-corrected chi connectivity index (χ3v) is 5.23. The summed E-state index contributed by atoms with van der Waals surface area (Å²) >= 11 is 0. The van der Waals surface area contributed by atoms with Crippen LogP contribution in [0.1, 0.15) is 54.1 Å². The monoisotopic (exact) mass is 350 g/mol. The molecule has 1 aliphatic carbocycles. The van der Waals surface area contributed by atoms with E-state index in [1.165, 1.54) is 5.56 Å². The number of ketones is 1. The first-order chi connectivity index (χ1) is 12.5. The fourth-order valence-corrected chi connectivity index (χ4v) is 3.40. The van der Waals surface area contributed by atoms with Crippen molar-refractivity contribution in [2.75, 3.05) is 0 Å². The summed E-state index contributed by atoms with van der Waals surface area (Å²) in [5.74, 6) is 1.15. The van der Waals surface area contributed by atoms with Gasteiger partial charge in [0, 0.05) is 12.0 Å². The topological polar surface area (TPSA) is 43.4 Å². The summed E-state index contributed by atoms with van der Waals surface area (Å²) in [4.78, 5) is 24.7. The van der Waals surface area contributed by atoms with E-state index in [9.17, 15) is 9.59 Å². The highest BCUT2D eigenvalue weighted by Crippen LogP contribution is 2.29. The Labute approximate surface area is 155 Å². The molecule has 1 fully saturated rings. The van der Waals surface area contributed by atoms with E-state index in [-0.39, 0.29) is 17.7 Å². The van der Waals surface area contributed by atoms with Crippen LogP contribution >= 0.6 is 0 Å². The highest BCUT2D eigenvalue weighted by molar-refractivity contribution is 5.97. The summed E-state index contributed by atoms with van der Waals surface area (Å²) in [6.07, 6.45) is 4.37. The summed E-state index contributed by atoms with van der Waals surface area (Å²) in [7, 11) is 0. The van der Waals surface area contributed by atoms with Crippen molar-refractivity contribution >= 4 is 11.8 Å². The van der Waals surface area contributed by atoms with Crippen LogP contribution < -0.4 is 4.74 Å². The van der Waals surface area contributed by atoms with Crippen molar-refractivity contribution in [3.05, 3.63) is 65.2 Å². The first-order valence-electron chi connectivity index (χ1n) is 9.42. The van der Waals surface area contributed by atoms with E-state index in [1.807, 2.05) is 31.2 Å². The van der Waals surface area contributed by atoms with Crippen LogP contribution in [-0.2, 0) is 11.2 Å². The molecule has 3 rings (SSSR count). The second kappa shape index (κ2) is 8.31. The number of esters is 1. The molecule has 3 nitrogen and oxygen atoms in total. The van der Waals surface area contributed by atoms with Gasteiger partial charge in [0.25, 0.3) is 0 Å². The van der Waals surface area contributed by atoms with Crippen molar-refractivity contribution in [2.45, 2.75) is 46.0 Å². The molecule has 0 aromatic heterocycles. The molecule has 1 aliphatic rings. The van der Waals surface area contributed by atoms with Crippen LogP contribution in [0.2, 0.25) is 0 Å². The predicted octanol–water partition coefficient (Wildman–Crippen LogP) is 5.15. The minimum atomic E-state index is -0.143. The molecule has 0 N–H and O–H groups in total. The largest absolute Gasteiger partial charge is 0.426 e. The second-order valence-corrected chi connectivity index (χ2v) is 7.49. The summed E-state index contributed by atoms with van der Waals surface area (Å²) in [5, 5.41) is 0. The molecule has 3 heteroatoms. The van der Waals surface area contributed by atoms with E-state index in [0.717, 1.165) is 31.2 Å². The van der Waals surface area contributed by atoms with Crippen LogP contribution in [-0.4, -0.2) is 11.8 Å². The highest BCUT2D eigenvalue weighted by atomic mass is 16.5. The zero-order valence-corrected chi connectivity index (χ0v) is 15.5. The van der Waals surface area contributed by atoms with Gasteiger partial charge in [0.15, 0.2) is 5.78 Å². The number of benzene rings is 2. The van der Waals surface area contributed by atoms with Gasteiger partial charge in [-0.3, -0.25) is 9.59 Å². The van der Waals surface area contributed by atoms with Gasteiger partial charge in [-0.15, -0.1) is 0 Å². The van der Waals surface area contributed by atoms with Gasteiger partial charge >= 0.3 is 5.97 Å². The lowest BCUT2D eigenvalue weighted by molar-refractivity contribution is -0.140. The van der Waals surface area contributed by atoms with Crippen molar-refractivity contribution < 1.29 is 14.3 Å². The summed E-state index contributed by atoms with van der Waals surface area (Å²) in [6.45, 7) is 4.26. The normalized spacial score (nSPS) is 19.8. The van der Waals surface area contributed by atoms with Crippen molar-refractivity contribution in [1.82, 2.24) is 0 Å². The molecular weight excluding hydrogens is 324 g/mol. The van der Waals surface area contributed by atoms with E-state index < -0.39 is 0 Å². The van der Waals surface area contributed by atoms with Crippen molar-refractivity contribution in [2.24, 2.45) is 11.8 Å². The fourth-order valence-electron chi connectivity index (χ4n) is 3.40. The van der Waals surface area contributed by atoms with Gasteiger partial charge in [-0.25, -0.2) is 0 Å². The molecule has 0 aliphatic heterocycles. The minimum absolute atomic E-state index is 0.00838. The zero-order valence-electron chi connectivity index (χ0n) is 15.5. The van der Waals surface area contributed by atoms with Crippen LogP contribution in [0, 0.1) is 18.8 Å². The van der Waals surface area contributed by atoms with E-state index in [1.54, 1.807) is 24.3 Å². The average molecular weight is 350 g/mol. The Morgan fingerprint density at radius 1 is 0.923 bits per heavy atom. The Morgan fingerprint density at radius 3 is 2.15 bits per heavy atom. The molecule has 0 saturated heterocycles. The lowest BCUT2D eigenvalue weighted by atomic mass is 9.83. The molecule has 26 heavy (non-hydrogen) atoms. The van der Waals surface area contributed by atoms with Crippen molar-refractivity contribution in [3.8, 4) is 5.75 Å². The van der Waals surface area contributed by atoms with E-state index in [2.05, 4.69) is 6.92 Å². The molecule has 0 bridgehead atoms. The predicted molar refractivity (Wildman–Crippen MR) is 102 cm³/mol. The number of Topliss-reactive ketones (excluding diaryl/α,β-unsaturated/α-hetero) is 1. The van der Waals surface area contributed by atoms with Gasteiger partial charge < -0.3 is 4.74 Å². The van der Waals surface area contributed by atoms with Gasteiger partial charge in [0.05, 0.1) is 5.92 Å². The van der Waals surface area contributed by atoms with Crippen LogP contribution in [0.4, 0.5) is 0 Å². The Kier molecular flexibility index (Phi) is 5.87. The maximum absolute atomic E-state index is 12.4. The maximum atomic E-state index is 12.4. The van der Waals surface area contributed by atoms with Crippen LogP contribution in [0.15, 0.2) is 48.5 Å². The number of hydrogen-bond acceptors (Lipinski definition) is 3. The lowest BCUT2D eigenvalue weighted by Gasteiger charge is -2.24.